The number of para-hydroxylation sites is 1. The summed E-state index contributed by atoms with van der Waals surface area (Å²) in [4.78, 5) is 24.0. The van der Waals surface area contributed by atoms with Gasteiger partial charge in [0, 0.05) is 11.6 Å². The van der Waals surface area contributed by atoms with Crippen LogP contribution in [0, 0.1) is 0 Å². The van der Waals surface area contributed by atoms with E-state index in [0.29, 0.717) is 5.75 Å². The highest BCUT2D eigenvalue weighted by atomic mass is 16.5. The van der Waals surface area contributed by atoms with E-state index in [1.807, 2.05) is 18.2 Å². The van der Waals surface area contributed by atoms with Crippen LogP contribution in [0.5, 0.6) is 5.75 Å². The Labute approximate surface area is 131 Å². The molecule has 0 spiro atoms. The van der Waals surface area contributed by atoms with E-state index in [-0.39, 0.29) is 18.4 Å². The molecule has 1 fully saturated rings. The van der Waals surface area contributed by atoms with Gasteiger partial charge in [0.2, 0.25) is 0 Å². The monoisotopic (exact) mass is 305 g/mol. The number of carbonyl (C=O) groups excluding carboxylic acids is 2. The molecular formula is C17H23NO4. The molecule has 120 valence electrons. The standard InChI is InChI=1S/C17H23NO4/c1-12(17(20)18-14-8-4-5-9-14)22-16(19)11-13-7-3-6-10-15(13)21-2/h3,6-7,10,12,14H,4-5,8-9,11H2,1-2H3,(H,18,20). The molecule has 0 aromatic heterocycles. The third-order valence-corrected chi connectivity index (χ3v) is 3.91. The van der Waals surface area contributed by atoms with Crippen molar-refractivity contribution >= 4 is 11.9 Å². The lowest BCUT2D eigenvalue weighted by Crippen LogP contribution is -2.41. The van der Waals surface area contributed by atoms with Crippen LogP contribution in [0.25, 0.3) is 0 Å². The molecule has 1 aliphatic carbocycles. The lowest BCUT2D eigenvalue weighted by Gasteiger charge is -2.17. The van der Waals surface area contributed by atoms with Crippen LogP contribution in [0.1, 0.15) is 38.2 Å². The fraction of sp³-hybridized carbons (Fsp3) is 0.529. The van der Waals surface area contributed by atoms with Crippen LogP contribution < -0.4 is 10.1 Å². The Morgan fingerprint density at radius 3 is 2.64 bits per heavy atom. The number of methoxy groups -OCH3 is 1. The molecular weight excluding hydrogens is 282 g/mol. The van der Waals surface area contributed by atoms with Gasteiger partial charge in [-0.3, -0.25) is 9.59 Å². The summed E-state index contributed by atoms with van der Waals surface area (Å²) < 4.78 is 10.4. The van der Waals surface area contributed by atoms with Gasteiger partial charge in [0.15, 0.2) is 6.10 Å². The maximum absolute atomic E-state index is 12.0. The van der Waals surface area contributed by atoms with Gasteiger partial charge in [0.1, 0.15) is 5.75 Å². The zero-order valence-electron chi connectivity index (χ0n) is 13.1. The van der Waals surface area contributed by atoms with Crippen LogP contribution in [0.3, 0.4) is 0 Å². The van der Waals surface area contributed by atoms with Crippen LogP contribution in [0.15, 0.2) is 24.3 Å². The number of amides is 1. The number of hydrogen-bond acceptors (Lipinski definition) is 4. The summed E-state index contributed by atoms with van der Waals surface area (Å²) in [6.07, 6.45) is 3.62. The fourth-order valence-corrected chi connectivity index (χ4v) is 2.69. The van der Waals surface area contributed by atoms with Crippen LogP contribution in [-0.4, -0.2) is 31.1 Å². The van der Waals surface area contributed by atoms with Gasteiger partial charge in [-0.1, -0.05) is 31.0 Å². The smallest absolute Gasteiger partial charge is 0.311 e. The van der Waals surface area contributed by atoms with Gasteiger partial charge in [-0.05, 0) is 25.8 Å². The summed E-state index contributed by atoms with van der Waals surface area (Å²) in [5.41, 5.74) is 0.749. The molecule has 1 atom stereocenters. The maximum Gasteiger partial charge on any atom is 0.311 e. The molecule has 5 heteroatoms. The van der Waals surface area contributed by atoms with Crippen molar-refractivity contribution < 1.29 is 19.1 Å². The summed E-state index contributed by atoms with van der Waals surface area (Å²) in [6.45, 7) is 1.60. The second-order valence-electron chi connectivity index (χ2n) is 5.61. The highest BCUT2D eigenvalue weighted by Gasteiger charge is 2.23. The Bertz CT molecular complexity index is 523. The Morgan fingerprint density at radius 1 is 1.27 bits per heavy atom. The van der Waals surface area contributed by atoms with Gasteiger partial charge in [0.05, 0.1) is 13.5 Å². The molecule has 1 unspecified atom stereocenters. The van der Waals surface area contributed by atoms with Crippen molar-refractivity contribution in [3.63, 3.8) is 0 Å². The van der Waals surface area contributed by atoms with Gasteiger partial charge < -0.3 is 14.8 Å². The lowest BCUT2D eigenvalue weighted by molar-refractivity contribution is -0.154. The second-order valence-corrected chi connectivity index (χ2v) is 5.61. The van der Waals surface area contributed by atoms with E-state index in [1.165, 1.54) is 0 Å². The molecule has 0 saturated heterocycles. The molecule has 2 rings (SSSR count). The number of ether oxygens (including phenoxy) is 2. The van der Waals surface area contributed by atoms with Crippen molar-refractivity contribution in [3.05, 3.63) is 29.8 Å². The average molecular weight is 305 g/mol. The van der Waals surface area contributed by atoms with E-state index in [9.17, 15) is 9.59 Å². The van der Waals surface area contributed by atoms with E-state index in [1.54, 1.807) is 20.1 Å². The number of hydrogen-bond donors (Lipinski definition) is 1. The molecule has 1 aromatic rings. The normalized spacial score (nSPS) is 16.1. The molecule has 0 bridgehead atoms. The molecule has 0 aliphatic heterocycles. The van der Waals surface area contributed by atoms with Crippen LogP contribution >= 0.6 is 0 Å². The van der Waals surface area contributed by atoms with Crippen LogP contribution in [0.2, 0.25) is 0 Å². The first kappa shape index (κ1) is 16.3. The van der Waals surface area contributed by atoms with Crippen molar-refractivity contribution in [2.45, 2.75) is 51.2 Å². The zero-order valence-corrected chi connectivity index (χ0v) is 13.1. The molecule has 1 amide bonds. The summed E-state index contributed by atoms with van der Waals surface area (Å²) in [7, 11) is 1.56. The van der Waals surface area contributed by atoms with Gasteiger partial charge in [0.25, 0.3) is 5.91 Å². The van der Waals surface area contributed by atoms with Crippen LogP contribution in [-0.2, 0) is 20.7 Å². The largest absolute Gasteiger partial charge is 0.496 e. The maximum atomic E-state index is 12.0. The number of carbonyl (C=O) groups is 2. The van der Waals surface area contributed by atoms with Crippen LogP contribution in [0.4, 0.5) is 0 Å². The van der Waals surface area contributed by atoms with E-state index in [4.69, 9.17) is 9.47 Å². The van der Waals surface area contributed by atoms with Gasteiger partial charge >= 0.3 is 5.97 Å². The van der Waals surface area contributed by atoms with Crippen molar-refractivity contribution in [3.8, 4) is 5.75 Å². The molecule has 22 heavy (non-hydrogen) atoms. The highest BCUT2D eigenvalue weighted by molar-refractivity contribution is 5.84. The molecule has 1 saturated carbocycles. The predicted octanol–water partition coefficient (Wildman–Crippen LogP) is 2.23. The van der Waals surface area contributed by atoms with Gasteiger partial charge in [-0.2, -0.15) is 0 Å². The van der Waals surface area contributed by atoms with E-state index >= 15 is 0 Å². The molecule has 1 aromatic carbocycles. The summed E-state index contributed by atoms with van der Waals surface area (Å²) in [5.74, 6) is -0.0126. The Kier molecular flexibility index (Phi) is 5.81. The van der Waals surface area contributed by atoms with E-state index in [0.717, 1.165) is 31.2 Å². The number of esters is 1. The molecule has 1 N–H and O–H groups in total. The topological polar surface area (TPSA) is 64.6 Å². The number of benzene rings is 1. The van der Waals surface area contributed by atoms with E-state index in [2.05, 4.69) is 5.32 Å². The molecule has 0 radical (unpaired) electrons. The first-order valence-electron chi connectivity index (χ1n) is 7.72. The number of nitrogens with one attached hydrogen (secondary N) is 1. The zero-order chi connectivity index (χ0) is 15.9. The first-order chi connectivity index (χ1) is 10.6. The third-order valence-electron chi connectivity index (χ3n) is 3.91. The minimum absolute atomic E-state index is 0.0884. The van der Waals surface area contributed by atoms with Crippen molar-refractivity contribution in [1.29, 1.82) is 0 Å². The minimum atomic E-state index is -0.775. The second kappa shape index (κ2) is 7.82. The Morgan fingerprint density at radius 2 is 1.95 bits per heavy atom. The molecule has 5 nitrogen and oxygen atoms in total. The summed E-state index contributed by atoms with van der Waals surface area (Å²) >= 11 is 0. The van der Waals surface area contributed by atoms with Crippen molar-refractivity contribution in [2.24, 2.45) is 0 Å². The highest BCUT2D eigenvalue weighted by Crippen LogP contribution is 2.19. The molecule has 0 heterocycles. The summed E-state index contributed by atoms with van der Waals surface area (Å²) in [5, 5.41) is 2.93. The Hall–Kier alpha value is -2.04. The lowest BCUT2D eigenvalue weighted by atomic mass is 10.1. The van der Waals surface area contributed by atoms with Gasteiger partial charge in [-0.25, -0.2) is 0 Å². The Balaban J connectivity index is 1.84. The summed E-state index contributed by atoms with van der Waals surface area (Å²) in [6, 6.07) is 7.50. The predicted molar refractivity (Wildman–Crippen MR) is 82.7 cm³/mol. The van der Waals surface area contributed by atoms with Crippen molar-refractivity contribution in [2.75, 3.05) is 7.11 Å². The van der Waals surface area contributed by atoms with E-state index < -0.39 is 12.1 Å². The SMILES string of the molecule is COc1ccccc1CC(=O)OC(C)C(=O)NC1CCCC1. The minimum Gasteiger partial charge on any atom is -0.496 e. The van der Waals surface area contributed by atoms with Gasteiger partial charge in [-0.15, -0.1) is 0 Å². The quantitative estimate of drug-likeness (QED) is 0.819. The first-order valence-corrected chi connectivity index (χ1v) is 7.72. The molecule has 1 aliphatic rings. The van der Waals surface area contributed by atoms with Crippen molar-refractivity contribution in [1.82, 2.24) is 5.32 Å². The number of rotatable bonds is 6. The third kappa shape index (κ3) is 4.48. The average Bonchev–Trinajstić information content (AvgIpc) is 3.00. The fourth-order valence-electron chi connectivity index (χ4n) is 2.69.